The Morgan fingerprint density at radius 3 is 1.21 bits per heavy atom. The molecular formula is C41H78O6. The number of carbonyl (C=O) groups excluding carboxylic acids is 3. The Kier molecular flexibility index (Phi) is 33.1. The van der Waals surface area contributed by atoms with E-state index in [1.54, 1.807) is 0 Å². The van der Waals surface area contributed by atoms with E-state index < -0.39 is 6.10 Å². The second-order valence-electron chi connectivity index (χ2n) is 14.6. The fraction of sp³-hybridized carbons (Fsp3) is 0.927. The van der Waals surface area contributed by atoms with E-state index in [1.165, 1.54) is 96.3 Å². The van der Waals surface area contributed by atoms with Gasteiger partial charge in [0.05, 0.1) is 0 Å². The molecule has 1 unspecified atom stereocenters. The summed E-state index contributed by atoms with van der Waals surface area (Å²) in [6, 6.07) is 0. The second-order valence-corrected chi connectivity index (χ2v) is 14.6. The Bertz CT molecular complexity index is 721. The minimum Gasteiger partial charge on any atom is -0.462 e. The summed E-state index contributed by atoms with van der Waals surface area (Å²) >= 11 is 0. The van der Waals surface area contributed by atoms with E-state index in [2.05, 4.69) is 34.6 Å². The van der Waals surface area contributed by atoms with Crippen LogP contribution in [0.15, 0.2) is 0 Å². The predicted octanol–water partition coefficient (Wildman–Crippen LogP) is 12.2. The van der Waals surface area contributed by atoms with Crippen molar-refractivity contribution in [3.63, 3.8) is 0 Å². The van der Waals surface area contributed by atoms with E-state index >= 15 is 0 Å². The van der Waals surface area contributed by atoms with Crippen LogP contribution in [0.1, 0.15) is 214 Å². The second kappa shape index (κ2) is 34.3. The molecule has 0 amide bonds. The summed E-state index contributed by atoms with van der Waals surface area (Å²) in [5.74, 6) is 0.760. The zero-order chi connectivity index (χ0) is 34.8. The van der Waals surface area contributed by atoms with Crippen molar-refractivity contribution in [1.82, 2.24) is 0 Å². The summed E-state index contributed by atoms with van der Waals surface area (Å²) in [7, 11) is 0. The molecule has 0 heterocycles. The predicted molar refractivity (Wildman–Crippen MR) is 196 cm³/mol. The molecule has 0 spiro atoms. The van der Waals surface area contributed by atoms with Crippen molar-refractivity contribution in [1.29, 1.82) is 0 Å². The average Bonchev–Trinajstić information content (AvgIpc) is 3.05. The van der Waals surface area contributed by atoms with Gasteiger partial charge in [0.15, 0.2) is 6.10 Å². The standard InChI is InChI=1S/C41H78O6/c1-6-8-9-19-28-33-41(44)47-38(35-46-40(43)32-27-23-18-17-21-25-30-37(5)7-2)34-45-39(42)31-26-22-16-14-12-10-11-13-15-20-24-29-36(3)4/h36-38H,6-35H2,1-5H3/t37?,38-/m1/s1. The molecule has 0 saturated carbocycles. The van der Waals surface area contributed by atoms with Crippen LogP contribution < -0.4 is 0 Å². The van der Waals surface area contributed by atoms with E-state index in [1.807, 2.05) is 0 Å². The molecule has 2 atom stereocenters. The van der Waals surface area contributed by atoms with E-state index in [-0.39, 0.29) is 31.1 Å². The molecule has 6 heteroatoms. The maximum Gasteiger partial charge on any atom is 0.306 e. The number of hydrogen-bond acceptors (Lipinski definition) is 6. The summed E-state index contributed by atoms with van der Waals surface area (Å²) in [6.45, 7) is 11.2. The summed E-state index contributed by atoms with van der Waals surface area (Å²) in [4.78, 5) is 37.3. The first-order valence-corrected chi connectivity index (χ1v) is 20.3. The number of esters is 3. The minimum atomic E-state index is -0.758. The van der Waals surface area contributed by atoms with Gasteiger partial charge in [0.25, 0.3) is 0 Å². The maximum atomic E-state index is 12.5. The van der Waals surface area contributed by atoms with Gasteiger partial charge in [-0.05, 0) is 31.1 Å². The Hall–Kier alpha value is -1.59. The lowest BCUT2D eigenvalue weighted by atomic mass is 10.00. The molecule has 0 aromatic carbocycles. The van der Waals surface area contributed by atoms with E-state index in [4.69, 9.17) is 14.2 Å². The van der Waals surface area contributed by atoms with Crippen molar-refractivity contribution in [3.05, 3.63) is 0 Å². The largest absolute Gasteiger partial charge is 0.462 e. The summed E-state index contributed by atoms with van der Waals surface area (Å²) in [6.07, 6.45) is 29.8. The molecule has 0 aromatic rings. The van der Waals surface area contributed by atoms with Gasteiger partial charge in [0.1, 0.15) is 13.2 Å². The minimum absolute atomic E-state index is 0.0677. The summed E-state index contributed by atoms with van der Waals surface area (Å²) in [5, 5.41) is 0. The fourth-order valence-electron chi connectivity index (χ4n) is 5.84. The number of hydrogen-bond donors (Lipinski definition) is 0. The molecule has 0 aliphatic rings. The third-order valence-electron chi connectivity index (χ3n) is 9.33. The zero-order valence-corrected chi connectivity index (χ0v) is 31.9. The van der Waals surface area contributed by atoms with Gasteiger partial charge in [-0.2, -0.15) is 0 Å². The Morgan fingerprint density at radius 1 is 0.447 bits per heavy atom. The maximum absolute atomic E-state index is 12.5. The highest BCUT2D eigenvalue weighted by Gasteiger charge is 2.19. The van der Waals surface area contributed by atoms with Crippen LogP contribution in [0, 0.1) is 11.8 Å². The van der Waals surface area contributed by atoms with Gasteiger partial charge >= 0.3 is 17.9 Å². The molecule has 278 valence electrons. The van der Waals surface area contributed by atoms with E-state index in [9.17, 15) is 14.4 Å². The van der Waals surface area contributed by atoms with Crippen LogP contribution in [-0.2, 0) is 28.6 Å². The fourth-order valence-corrected chi connectivity index (χ4v) is 5.84. The molecular weight excluding hydrogens is 588 g/mol. The van der Waals surface area contributed by atoms with Crippen LogP contribution in [0.25, 0.3) is 0 Å². The molecule has 0 aromatic heterocycles. The summed E-state index contributed by atoms with van der Waals surface area (Å²) in [5.41, 5.74) is 0. The van der Waals surface area contributed by atoms with Crippen molar-refractivity contribution in [2.24, 2.45) is 11.8 Å². The molecule has 0 aliphatic carbocycles. The van der Waals surface area contributed by atoms with E-state index in [0.717, 1.165) is 76.0 Å². The number of rotatable bonds is 35. The average molecular weight is 667 g/mol. The third kappa shape index (κ3) is 34.1. The molecule has 0 rings (SSSR count). The van der Waals surface area contributed by atoms with Crippen LogP contribution in [0.4, 0.5) is 0 Å². The smallest absolute Gasteiger partial charge is 0.306 e. The normalized spacial score (nSPS) is 12.6. The first-order chi connectivity index (χ1) is 22.8. The quantitative estimate of drug-likeness (QED) is 0.0380. The van der Waals surface area contributed by atoms with Gasteiger partial charge in [0, 0.05) is 19.3 Å². The highest BCUT2D eigenvalue weighted by Crippen LogP contribution is 2.16. The third-order valence-corrected chi connectivity index (χ3v) is 9.33. The van der Waals surface area contributed by atoms with Crippen LogP contribution in [0.5, 0.6) is 0 Å². The van der Waals surface area contributed by atoms with Crippen molar-refractivity contribution in [3.8, 4) is 0 Å². The molecule has 0 radical (unpaired) electrons. The van der Waals surface area contributed by atoms with Crippen molar-refractivity contribution < 1.29 is 28.6 Å². The van der Waals surface area contributed by atoms with Gasteiger partial charge < -0.3 is 14.2 Å². The first-order valence-electron chi connectivity index (χ1n) is 20.3. The number of carbonyl (C=O) groups is 3. The van der Waals surface area contributed by atoms with Gasteiger partial charge in [0.2, 0.25) is 0 Å². The van der Waals surface area contributed by atoms with Crippen molar-refractivity contribution >= 4 is 17.9 Å². The molecule has 0 bridgehead atoms. The van der Waals surface area contributed by atoms with Gasteiger partial charge in [-0.3, -0.25) is 14.4 Å². The van der Waals surface area contributed by atoms with E-state index in [0.29, 0.717) is 19.3 Å². The van der Waals surface area contributed by atoms with Gasteiger partial charge in [-0.15, -0.1) is 0 Å². The molecule has 0 fully saturated rings. The van der Waals surface area contributed by atoms with Crippen LogP contribution >= 0.6 is 0 Å². The van der Waals surface area contributed by atoms with Crippen LogP contribution in [0.3, 0.4) is 0 Å². The Balaban J connectivity index is 4.21. The molecule has 47 heavy (non-hydrogen) atoms. The molecule has 0 saturated heterocycles. The summed E-state index contributed by atoms with van der Waals surface area (Å²) < 4.78 is 16.5. The Morgan fingerprint density at radius 2 is 0.809 bits per heavy atom. The van der Waals surface area contributed by atoms with Gasteiger partial charge in [-0.25, -0.2) is 0 Å². The van der Waals surface area contributed by atoms with Gasteiger partial charge in [-0.1, -0.05) is 176 Å². The molecule has 0 N–H and O–H groups in total. The van der Waals surface area contributed by atoms with Crippen molar-refractivity contribution in [2.45, 2.75) is 221 Å². The topological polar surface area (TPSA) is 78.9 Å². The van der Waals surface area contributed by atoms with Crippen molar-refractivity contribution in [2.75, 3.05) is 13.2 Å². The molecule has 0 aliphatic heterocycles. The zero-order valence-electron chi connectivity index (χ0n) is 31.9. The lowest BCUT2D eigenvalue weighted by molar-refractivity contribution is -0.167. The highest BCUT2D eigenvalue weighted by atomic mass is 16.6. The SMILES string of the molecule is CCCCCCCC(=O)O[C@H](COC(=O)CCCCCCCCCCCCCC(C)C)COC(=O)CCCCCCCCC(C)CC. The van der Waals surface area contributed by atoms with Crippen LogP contribution in [-0.4, -0.2) is 37.2 Å². The lowest BCUT2D eigenvalue weighted by Gasteiger charge is -2.18. The first kappa shape index (κ1) is 45.4. The highest BCUT2D eigenvalue weighted by molar-refractivity contribution is 5.71. The van der Waals surface area contributed by atoms with Crippen LogP contribution in [0.2, 0.25) is 0 Å². The Labute approximate surface area is 291 Å². The molecule has 6 nitrogen and oxygen atoms in total. The number of unbranched alkanes of at least 4 members (excludes halogenated alkanes) is 19. The monoisotopic (exact) mass is 667 g/mol. The lowest BCUT2D eigenvalue weighted by Crippen LogP contribution is -2.30. The number of ether oxygens (including phenoxy) is 3.